The van der Waals surface area contributed by atoms with Gasteiger partial charge in [0.05, 0.1) is 0 Å². The van der Waals surface area contributed by atoms with E-state index >= 15 is 0 Å². The first-order valence-corrected chi connectivity index (χ1v) is 8.03. The third-order valence-electron chi connectivity index (χ3n) is 4.87. The van der Waals surface area contributed by atoms with Crippen LogP contribution in [0.5, 0.6) is 23.0 Å². The lowest BCUT2D eigenvalue weighted by Crippen LogP contribution is -2.33. The Balaban J connectivity index is 1.89. The van der Waals surface area contributed by atoms with Gasteiger partial charge in [-0.1, -0.05) is 12.2 Å². The molecule has 0 bridgehead atoms. The Hall–Kier alpha value is -3.54. The zero-order valence-electron chi connectivity index (χ0n) is 13.4. The fourth-order valence-electron chi connectivity index (χ4n) is 3.82. The van der Waals surface area contributed by atoms with Crippen molar-refractivity contribution in [3.8, 4) is 23.0 Å². The number of phenols is 2. The highest BCUT2D eigenvalue weighted by atomic mass is 16.6. The Morgan fingerprint density at radius 3 is 2.15 bits per heavy atom. The van der Waals surface area contributed by atoms with Gasteiger partial charge in [-0.3, -0.25) is 4.79 Å². The number of fused-ring (bicyclic) bond motifs is 5. The summed E-state index contributed by atoms with van der Waals surface area (Å²) in [6.07, 6.45) is 3.56. The number of Topliss-reactive ketones (excluding diaryl/α,β-unsaturated/α-hetero) is 1. The molecule has 0 radical (unpaired) electrons. The van der Waals surface area contributed by atoms with Gasteiger partial charge < -0.3 is 19.7 Å². The standard InChI is InChI=1S/C20H12O6/c21-10-4-6-12-16(8-10)25-17-9-11(22)5-7-13(17)20(12)14-2-1-3-15(23)18(14)19(24)26-20/h1-2,4-9,21-22H,3H2. The molecule has 2 aromatic rings. The summed E-state index contributed by atoms with van der Waals surface area (Å²) in [5.74, 6) is -0.439. The van der Waals surface area contributed by atoms with E-state index < -0.39 is 11.6 Å². The molecule has 2 heterocycles. The molecular weight excluding hydrogens is 336 g/mol. The van der Waals surface area contributed by atoms with Crippen LogP contribution in [0.2, 0.25) is 0 Å². The Kier molecular flexibility index (Phi) is 2.70. The summed E-state index contributed by atoms with van der Waals surface area (Å²) in [4.78, 5) is 24.9. The van der Waals surface area contributed by atoms with Gasteiger partial charge in [0.1, 0.15) is 28.6 Å². The van der Waals surface area contributed by atoms with Gasteiger partial charge >= 0.3 is 5.97 Å². The number of phenolic OH excluding ortho intramolecular Hbond substituents is 2. The van der Waals surface area contributed by atoms with Crippen molar-refractivity contribution in [2.45, 2.75) is 12.0 Å². The third-order valence-corrected chi connectivity index (χ3v) is 4.87. The molecule has 0 fully saturated rings. The van der Waals surface area contributed by atoms with Crippen LogP contribution in [0.4, 0.5) is 0 Å². The predicted molar refractivity (Wildman–Crippen MR) is 88.9 cm³/mol. The Morgan fingerprint density at radius 2 is 1.54 bits per heavy atom. The van der Waals surface area contributed by atoms with Gasteiger partial charge in [0, 0.05) is 35.3 Å². The summed E-state index contributed by atoms with van der Waals surface area (Å²) in [5.41, 5.74) is 0.134. The average molecular weight is 348 g/mol. The van der Waals surface area contributed by atoms with Gasteiger partial charge in [0.15, 0.2) is 11.4 Å². The number of hydrogen-bond donors (Lipinski definition) is 2. The van der Waals surface area contributed by atoms with E-state index in [1.165, 1.54) is 24.3 Å². The van der Waals surface area contributed by atoms with E-state index in [9.17, 15) is 19.8 Å². The van der Waals surface area contributed by atoms with Crippen molar-refractivity contribution in [3.63, 3.8) is 0 Å². The lowest BCUT2D eigenvalue weighted by atomic mass is 9.75. The second kappa shape index (κ2) is 4.76. The summed E-state index contributed by atoms with van der Waals surface area (Å²) in [6.45, 7) is 0. The van der Waals surface area contributed by atoms with E-state index in [4.69, 9.17) is 9.47 Å². The van der Waals surface area contributed by atoms with Crippen molar-refractivity contribution >= 4 is 11.8 Å². The molecule has 3 aliphatic rings. The first-order chi connectivity index (χ1) is 12.5. The van der Waals surface area contributed by atoms with Crippen molar-refractivity contribution < 1.29 is 29.3 Å². The Bertz CT molecular complexity index is 1020. The number of ketones is 1. The minimum Gasteiger partial charge on any atom is -0.508 e. The smallest absolute Gasteiger partial charge is 0.343 e. The van der Waals surface area contributed by atoms with Crippen LogP contribution >= 0.6 is 0 Å². The number of carbonyl (C=O) groups excluding carboxylic acids is 2. The van der Waals surface area contributed by atoms with Gasteiger partial charge in [-0.25, -0.2) is 4.79 Å². The minimum absolute atomic E-state index is 0.0173. The molecule has 0 unspecified atom stereocenters. The Labute approximate surface area is 147 Å². The lowest BCUT2D eigenvalue weighted by Gasteiger charge is -2.37. The number of rotatable bonds is 0. The maximum Gasteiger partial charge on any atom is 0.343 e. The molecular formula is C20H12O6. The monoisotopic (exact) mass is 348 g/mol. The number of aromatic hydroxyl groups is 2. The molecule has 0 saturated carbocycles. The summed E-state index contributed by atoms with van der Waals surface area (Å²) < 4.78 is 11.6. The zero-order valence-corrected chi connectivity index (χ0v) is 13.4. The number of allylic oxidation sites excluding steroid dienone is 1. The molecule has 128 valence electrons. The van der Waals surface area contributed by atoms with Gasteiger partial charge in [0.25, 0.3) is 0 Å². The maximum atomic E-state index is 12.6. The van der Waals surface area contributed by atoms with Gasteiger partial charge in [0.2, 0.25) is 0 Å². The van der Waals surface area contributed by atoms with E-state index in [0.29, 0.717) is 16.7 Å². The van der Waals surface area contributed by atoms with Gasteiger partial charge in [-0.2, -0.15) is 0 Å². The van der Waals surface area contributed by atoms with Crippen LogP contribution in [0.15, 0.2) is 59.7 Å². The van der Waals surface area contributed by atoms with E-state index in [2.05, 4.69) is 0 Å². The van der Waals surface area contributed by atoms with Crippen LogP contribution in [0.25, 0.3) is 0 Å². The van der Waals surface area contributed by atoms with Crippen LogP contribution in [-0.2, 0) is 19.9 Å². The minimum atomic E-state index is -1.36. The Morgan fingerprint density at radius 1 is 0.923 bits per heavy atom. The zero-order chi connectivity index (χ0) is 18.1. The summed E-state index contributed by atoms with van der Waals surface area (Å²) in [5, 5.41) is 19.7. The van der Waals surface area contributed by atoms with E-state index in [-0.39, 0.29) is 40.8 Å². The summed E-state index contributed by atoms with van der Waals surface area (Å²) in [7, 11) is 0. The number of ether oxygens (including phenoxy) is 2. The molecule has 1 aliphatic carbocycles. The van der Waals surface area contributed by atoms with Crippen molar-refractivity contribution in [2.75, 3.05) is 0 Å². The van der Waals surface area contributed by atoms with Crippen LogP contribution < -0.4 is 4.74 Å². The highest BCUT2D eigenvalue weighted by Crippen LogP contribution is 2.57. The third kappa shape index (κ3) is 1.70. The highest BCUT2D eigenvalue weighted by Gasteiger charge is 2.56. The summed E-state index contributed by atoms with van der Waals surface area (Å²) >= 11 is 0. The fourth-order valence-corrected chi connectivity index (χ4v) is 3.82. The average Bonchev–Trinajstić information content (AvgIpc) is 2.89. The first-order valence-electron chi connectivity index (χ1n) is 8.03. The van der Waals surface area contributed by atoms with Crippen LogP contribution in [0, 0.1) is 0 Å². The molecule has 0 amide bonds. The maximum absolute atomic E-state index is 12.6. The molecule has 0 aromatic heterocycles. The van der Waals surface area contributed by atoms with Crippen LogP contribution in [-0.4, -0.2) is 22.0 Å². The van der Waals surface area contributed by atoms with Crippen molar-refractivity contribution in [1.29, 1.82) is 0 Å². The highest BCUT2D eigenvalue weighted by molar-refractivity contribution is 6.21. The van der Waals surface area contributed by atoms with E-state index in [1.54, 1.807) is 24.3 Å². The first kappa shape index (κ1) is 14.8. The van der Waals surface area contributed by atoms with Crippen molar-refractivity contribution in [3.05, 3.63) is 70.8 Å². The fraction of sp³-hybridized carbons (Fsp3) is 0.100. The topological polar surface area (TPSA) is 93.1 Å². The molecule has 2 aromatic carbocycles. The number of esters is 1. The molecule has 6 heteroatoms. The quantitative estimate of drug-likeness (QED) is 0.562. The van der Waals surface area contributed by atoms with Crippen molar-refractivity contribution in [2.24, 2.45) is 0 Å². The predicted octanol–water partition coefficient (Wildman–Crippen LogP) is 2.83. The van der Waals surface area contributed by atoms with Crippen LogP contribution in [0.1, 0.15) is 17.5 Å². The van der Waals surface area contributed by atoms with Crippen molar-refractivity contribution in [1.82, 2.24) is 0 Å². The molecule has 26 heavy (non-hydrogen) atoms. The molecule has 2 N–H and O–H groups in total. The second-order valence-corrected chi connectivity index (χ2v) is 6.35. The largest absolute Gasteiger partial charge is 0.508 e. The molecule has 5 rings (SSSR count). The molecule has 0 saturated heterocycles. The van der Waals surface area contributed by atoms with E-state index in [0.717, 1.165) is 0 Å². The number of hydrogen-bond acceptors (Lipinski definition) is 6. The molecule has 6 nitrogen and oxygen atoms in total. The van der Waals surface area contributed by atoms with Crippen LogP contribution in [0.3, 0.4) is 0 Å². The normalized spacial score (nSPS) is 18.9. The lowest BCUT2D eigenvalue weighted by molar-refractivity contribution is -0.145. The number of carbonyl (C=O) groups is 2. The number of benzene rings is 2. The molecule has 0 atom stereocenters. The molecule has 1 spiro atoms. The SMILES string of the molecule is O=C1CC=CC2=C1C(=O)OC21c2ccc(O)cc2Oc2cc(O)ccc21. The second-order valence-electron chi connectivity index (χ2n) is 6.35. The van der Waals surface area contributed by atoms with Gasteiger partial charge in [-0.05, 0) is 24.3 Å². The van der Waals surface area contributed by atoms with Gasteiger partial charge in [-0.15, -0.1) is 0 Å². The van der Waals surface area contributed by atoms with E-state index in [1.807, 2.05) is 0 Å². The summed E-state index contributed by atoms with van der Waals surface area (Å²) in [6, 6.07) is 8.97. The molecule has 2 aliphatic heterocycles.